The molecule has 76 valence electrons. The highest BCUT2D eigenvalue weighted by Gasteiger charge is 2.19. The lowest BCUT2D eigenvalue weighted by Crippen LogP contribution is -2.28. The maximum atomic E-state index is 11.5. The number of carbonyl (C=O) groups excluding carboxylic acids is 1. The van der Waals surface area contributed by atoms with E-state index in [0.717, 1.165) is 0 Å². The van der Waals surface area contributed by atoms with Crippen molar-refractivity contribution >= 4 is 11.7 Å². The molecule has 0 atom stereocenters. The second-order valence-electron chi connectivity index (χ2n) is 4.02. The number of rotatable bonds is 1. The van der Waals surface area contributed by atoms with Gasteiger partial charge in [0, 0.05) is 0 Å². The van der Waals surface area contributed by atoms with E-state index in [1.165, 1.54) is 0 Å². The molecule has 0 spiro atoms. The first-order chi connectivity index (χ1) is 6.49. The Morgan fingerprint density at radius 3 is 2.79 bits per heavy atom. The zero-order valence-electron chi connectivity index (χ0n) is 8.78. The van der Waals surface area contributed by atoms with Gasteiger partial charge in [0.2, 0.25) is 0 Å². The number of hydrogen-bond donors (Lipinski definition) is 0. The molecule has 3 heteroatoms. The molecule has 1 aliphatic heterocycles. The Bertz CT molecular complexity index is 306. The van der Waals surface area contributed by atoms with Crippen LogP contribution in [0.3, 0.4) is 0 Å². The lowest BCUT2D eigenvalue weighted by molar-refractivity contribution is -0.146. The first kappa shape index (κ1) is 10.7. The zero-order valence-corrected chi connectivity index (χ0v) is 8.78. The third-order valence-electron chi connectivity index (χ3n) is 1.48. The van der Waals surface area contributed by atoms with Crippen molar-refractivity contribution in [2.75, 3.05) is 6.54 Å². The molecule has 0 bridgehead atoms. The molecule has 1 aliphatic rings. The van der Waals surface area contributed by atoms with Crippen LogP contribution in [0.1, 0.15) is 20.8 Å². The van der Waals surface area contributed by atoms with Gasteiger partial charge in [-0.25, -0.2) is 4.79 Å². The normalized spacial score (nSPS) is 16.1. The Morgan fingerprint density at radius 1 is 1.43 bits per heavy atom. The molecule has 0 aromatic rings. The van der Waals surface area contributed by atoms with E-state index >= 15 is 0 Å². The number of esters is 1. The first-order valence-corrected chi connectivity index (χ1v) is 4.60. The van der Waals surface area contributed by atoms with Gasteiger partial charge in [-0.2, -0.15) is 0 Å². The van der Waals surface area contributed by atoms with E-state index in [1.807, 2.05) is 32.9 Å². The molecule has 0 unspecified atom stereocenters. The van der Waals surface area contributed by atoms with Gasteiger partial charge in [-0.05, 0) is 26.8 Å². The van der Waals surface area contributed by atoms with Gasteiger partial charge in [-0.15, -0.1) is 0 Å². The van der Waals surface area contributed by atoms with Crippen LogP contribution in [-0.2, 0) is 9.53 Å². The highest BCUT2D eigenvalue weighted by molar-refractivity contribution is 6.41. The maximum absolute atomic E-state index is 11.5. The average molecular weight is 193 g/mol. The zero-order chi connectivity index (χ0) is 10.6. The van der Waals surface area contributed by atoms with Crippen LogP contribution in [-0.4, -0.2) is 23.8 Å². The van der Waals surface area contributed by atoms with E-state index in [4.69, 9.17) is 4.74 Å². The standard InChI is InChI=1S/C11H15NO2/c1-11(2,3)14-10(13)9-7-5-4-6-8-12-9/h4-7H,8H2,1-3H3. The SMILES string of the molecule is CC(C)(C)OC(=O)C1=NCC=CC=C1. The predicted octanol–water partition coefficient (Wildman–Crippen LogP) is 1.90. The van der Waals surface area contributed by atoms with Crippen LogP contribution < -0.4 is 0 Å². The summed E-state index contributed by atoms with van der Waals surface area (Å²) in [6.07, 6.45) is 7.20. The van der Waals surface area contributed by atoms with E-state index < -0.39 is 5.60 Å². The van der Waals surface area contributed by atoms with Crippen molar-refractivity contribution in [3.63, 3.8) is 0 Å². The summed E-state index contributed by atoms with van der Waals surface area (Å²) in [4.78, 5) is 15.6. The van der Waals surface area contributed by atoms with Crippen molar-refractivity contribution < 1.29 is 9.53 Å². The van der Waals surface area contributed by atoms with Crippen molar-refractivity contribution in [1.82, 2.24) is 0 Å². The van der Waals surface area contributed by atoms with Crippen LogP contribution in [0, 0.1) is 0 Å². The van der Waals surface area contributed by atoms with Gasteiger partial charge in [0.25, 0.3) is 0 Å². The molecule has 0 N–H and O–H groups in total. The number of ether oxygens (including phenoxy) is 1. The van der Waals surface area contributed by atoms with Crippen LogP contribution >= 0.6 is 0 Å². The molecule has 0 saturated heterocycles. The summed E-state index contributed by atoms with van der Waals surface area (Å²) in [5.41, 5.74) is -0.0855. The fraction of sp³-hybridized carbons (Fsp3) is 0.455. The maximum Gasteiger partial charge on any atom is 0.356 e. The minimum absolute atomic E-state index is 0.363. The van der Waals surface area contributed by atoms with Gasteiger partial charge < -0.3 is 4.74 Å². The van der Waals surface area contributed by atoms with E-state index in [-0.39, 0.29) is 5.97 Å². The molecule has 0 aromatic carbocycles. The fourth-order valence-corrected chi connectivity index (χ4v) is 0.953. The first-order valence-electron chi connectivity index (χ1n) is 4.60. The van der Waals surface area contributed by atoms with E-state index in [9.17, 15) is 4.79 Å². The Kier molecular flexibility index (Phi) is 3.23. The summed E-state index contributed by atoms with van der Waals surface area (Å²) >= 11 is 0. The minimum atomic E-state index is -0.465. The summed E-state index contributed by atoms with van der Waals surface area (Å²) < 4.78 is 5.18. The minimum Gasteiger partial charge on any atom is -0.455 e. The second kappa shape index (κ2) is 4.22. The highest BCUT2D eigenvalue weighted by Crippen LogP contribution is 2.08. The van der Waals surface area contributed by atoms with Gasteiger partial charge in [0.05, 0.1) is 6.54 Å². The van der Waals surface area contributed by atoms with Crippen molar-refractivity contribution in [3.05, 3.63) is 24.3 Å². The lowest BCUT2D eigenvalue weighted by atomic mass is 10.2. The molecule has 1 rings (SSSR count). The molecular formula is C11H15NO2. The summed E-state index contributed by atoms with van der Waals surface area (Å²) in [6.45, 7) is 6.04. The third kappa shape index (κ3) is 3.56. The molecule has 14 heavy (non-hydrogen) atoms. The highest BCUT2D eigenvalue weighted by atomic mass is 16.6. The van der Waals surface area contributed by atoms with Crippen molar-refractivity contribution in [2.24, 2.45) is 4.99 Å². The van der Waals surface area contributed by atoms with E-state index in [2.05, 4.69) is 4.99 Å². The Morgan fingerprint density at radius 2 is 2.14 bits per heavy atom. The van der Waals surface area contributed by atoms with Crippen LogP contribution in [0.5, 0.6) is 0 Å². The van der Waals surface area contributed by atoms with Gasteiger partial charge in [-0.1, -0.05) is 18.2 Å². The number of hydrogen-bond acceptors (Lipinski definition) is 3. The monoisotopic (exact) mass is 193 g/mol. The number of nitrogens with zero attached hydrogens (tertiary/aromatic N) is 1. The van der Waals surface area contributed by atoms with E-state index in [0.29, 0.717) is 12.3 Å². The number of allylic oxidation sites excluding steroid dienone is 2. The fourth-order valence-electron chi connectivity index (χ4n) is 0.953. The molecule has 0 fully saturated rings. The van der Waals surface area contributed by atoms with Crippen LogP contribution in [0.4, 0.5) is 0 Å². The number of aliphatic imine (C=N–C) groups is 1. The molecular weight excluding hydrogens is 178 g/mol. The second-order valence-corrected chi connectivity index (χ2v) is 4.02. The smallest absolute Gasteiger partial charge is 0.356 e. The Hall–Kier alpha value is -1.38. The van der Waals surface area contributed by atoms with Gasteiger partial charge in [0.1, 0.15) is 11.3 Å². The number of carbonyl (C=O) groups is 1. The molecule has 0 amide bonds. The topological polar surface area (TPSA) is 38.7 Å². The summed E-state index contributed by atoms with van der Waals surface area (Å²) in [5.74, 6) is -0.363. The third-order valence-corrected chi connectivity index (χ3v) is 1.48. The molecule has 3 nitrogen and oxygen atoms in total. The molecule has 0 saturated carbocycles. The predicted molar refractivity (Wildman–Crippen MR) is 56.4 cm³/mol. The largest absolute Gasteiger partial charge is 0.455 e. The Balaban J connectivity index is 2.66. The molecule has 0 aliphatic carbocycles. The summed E-state index contributed by atoms with van der Waals surface area (Å²) in [7, 11) is 0. The molecule has 1 heterocycles. The Labute approximate surface area is 84.2 Å². The van der Waals surface area contributed by atoms with Crippen LogP contribution in [0.25, 0.3) is 0 Å². The van der Waals surface area contributed by atoms with Crippen molar-refractivity contribution in [3.8, 4) is 0 Å². The van der Waals surface area contributed by atoms with Crippen molar-refractivity contribution in [1.29, 1.82) is 0 Å². The van der Waals surface area contributed by atoms with Gasteiger partial charge in [-0.3, -0.25) is 4.99 Å². The lowest BCUT2D eigenvalue weighted by Gasteiger charge is -2.19. The average Bonchev–Trinajstić information content (AvgIpc) is 2.27. The summed E-state index contributed by atoms with van der Waals surface area (Å²) in [6, 6.07) is 0. The quantitative estimate of drug-likeness (QED) is 0.596. The molecule has 0 aromatic heterocycles. The molecule has 0 radical (unpaired) electrons. The van der Waals surface area contributed by atoms with Crippen LogP contribution in [0.15, 0.2) is 29.3 Å². The van der Waals surface area contributed by atoms with Crippen LogP contribution in [0.2, 0.25) is 0 Å². The summed E-state index contributed by atoms with van der Waals surface area (Å²) in [5, 5.41) is 0. The van der Waals surface area contributed by atoms with Gasteiger partial charge >= 0.3 is 5.97 Å². The van der Waals surface area contributed by atoms with Crippen molar-refractivity contribution in [2.45, 2.75) is 26.4 Å². The van der Waals surface area contributed by atoms with E-state index in [1.54, 1.807) is 12.2 Å². The van der Waals surface area contributed by atoms with Gasteiger partial charge in [0.15, 0.2) is 0 Å².